The summed E-state index contributed by atoms with van der Waals surface area (Å²) in [5.74, 6) is -2.45. The van der Waals surface area contributed by atoms with Crippen molar-refractivity contribution in [1.82, 2.24) is 4.98 Å². The molecule has 0 amide bonds. The third-order valence-corrected chi connectivity index (χ3v) is 2.60. The molecule has 0 saturated carbocycles. The number of aromatic carboxylic acids is 1. The van der Waals surface area contributed by atoms with Crippen molar-refractivity contribution in [1.29, 1.82) is 0 Å². The Morgan fingerprint density at radius 1 is 1.53 bits per heavy atom. The van der Waals surface area contributed by atoms with Crippen molar-refractivity contribution >= 4 is 28.6 Å². The average Bonchev–Trinajstić information content (AvgIpc) is 2.18. The monoisotopic (exact) mass is 365 g/mol. The van der Waals surface area contributed by atoms with E-state index in [1.165, 1.54) is 22.6 Å². The molecule has 1 heterocycles. The van der Waals surface area contributed by atoms with Gasteiger partial charge in [0.25, 0.3) is 0 Å². The molecule has 0 fully saturated rings. The van der Waals surface area contributed by atoms with Crippen LogP contribution in [-0.2, 0) is 6.67 Å². The molecule has 17 heavy (non-hydrogen) atoms. The topological polar surface area (TPSA) is 59.4 Å². The summed E-state index contributed by atoms with van der Waals surface area (Å²) in [5.41, 5.74) is -0.936. The summed E-state index contributed by atoms with van der Waals surface area (Å²) in [6.45, 7) is -1.19. The predicted molar refractivity (Wildman–Crippen MR) is 55.4 cm³/mol. The molecule has 1 aromatic heterocycles. The number of carboxylic acids is 1. The molecule has 9 heteroatoms. The zero-order valence-electron chi connectivity index (χ0n) is 7.89. The van der Waals surface area contributed by atoms with Gasteiger partial charge in [-0.1, -0.05) is 0 Å². The van der Waals surface area contributed by atoms with Crippen LogP contribution >= 0.6 is 22.6 Å². The van der Waals surface area contributed by atoms with Gasteiger partial charge in [0, 0.05) is 0 Å². The highest BCUT2D eigenvalue weighted by Crippen LogP contribution is 2.29. The fraction of sp³-hybridized carbons (Fsp3) is 0.250. The Morgan fingerprint density at radius 3 is 2.53 bits per heavy atom. The van der Waals surface area contributed by atoms with E-state index >= 15 is 0 Å². The second-order valence-corrected chi connectivity index (χ2v) is 3.85. The summed E-state index contributed by atoms with van der Waals surface area (Å²) in [5, 5.41) is 8.72. The first-order valence-electron chi connectivity index (χ1n) is 3.99. The lowest BCUT2D eigenvalue weighted by Crippen LogP contribution is -2.20. The smallest absolute Gasteiger partial charge is 0.478 e. The number of hydrogen-bond acceptors (Lipinski definition) is 3. The largest absolute Gasteiger partial charge is 0.574 e. The van der Waals surface area contributed by atoms with E-state index in [4.69, 9.17) is 5.11 Å². The van der Waals surface area contributed by atoms with Crippen LogP contribution in [0.1, 0.15) is 16.1 Å². The van der Waals surface area contributed by atoms with Crippen molar-refractivity contribution < 1.29 is 32.2 Å². The Hall–Kier alpha value is -1.13. The highest BCUT2D eigenvalue weighted by atomic mass is 127. The van der Waals surface area contributed by atoms with E-state index in [0.29, 0.717) is 0 Å². The number of halogens is 5. The molecule has 0 radical (unpaired) electrons. The molecular weight excluding hydrogens is 361 g/mol. The standard InChI is InChI=1S/C8H4F4INO3/c9-2-3-1-4(7(15)16)5(13)6(14-3)17-8(10,11)12/h1H,2H2,(H,15,16). The molecule has 0 aliphatic carbocycles. The molecule has 0 aromatic carbocycles. The highest BCUT2D eigenvalue weighted by Gasteiger charge is 2.34. The quantitative estimate of drug-likeness (QED) is 0.661. The summed E-state index contributed by atoms with van der Waals surface area (Å²) in [7, 11) is 0. The number of carbonyl (C=O) groups is 1. The molecule has 0 aliphatic heterocycles. The third-order valence-electron chi connectivity index (χ3n) is 1.56. The number of rotatable bonds is 3. The summed E-state index contributed by atoms with van der Waals surface area (Å²) >= 11 is 1.34. The second kappa shape index (κ2) is 5.02. The second-order valence-electron chi connectivity index (χ2n) is 2.77. The van der Waals surface area contributed by atoms with Gasteiger partial charge in [-0.2, -0.15) is 0 Å². The number of aromatic nitrogens is 1. The molecule has 1 N–H and O–H groups in total. The molecule has 94 valence electrons. The van der Waals surface area contributed by atoms with Crippen LogP contribution in [0.3, 0.4) is 0 Å². The summed E-state index contributed by atoms with van der Waals surface area (Å²) in [4.78, 5) is 13.9. The Morgan fingerprint density at radius 2 is 2.12 bits per heavy atom. The van der Waals surface area contributed by atoms with Crippen LogP contribution in [-0.4, -0.2) is 22.4 Å². The lowest BCUT2D eigenvalue weighted by atomic mass is 10.2. The van der Waals surface area contributed by atoms with E-state index in [0.717, 1.165) is 6.07 Å². The van der Waals surface area contributed by atoms with Crippen molar-refractivity contribution in [2.24, 2.45) is 0 Å². The van der Waals surface area contributed by atoms with Gasteiger partial charge in [-0.05, 0) is 28.7 Å². The van der Waals surface area contributed by atoms with Crippen molar-refractivity contribution in [3.8, 4) is 5.88 Å². The lowest BCUT2D eigenvalue weighted by Gasteiger charge is -2.11. The maximum absolute atomic E-state index is 12.3. The number of pyridine rings is 1. The maximum Gasteiger partial charge on any atom is 0.574 e. The minimum absolute atomic E-state index is 0.343. The van der Waals surface area contributed by atoms with Crippen LogP contribution in [0.4, 0.5) is 17.6 Å². The van der Waals surface area contributed by atoms with Gasteiger partial charge >= 0.3 is 12.3 Å². The summed E-state index contributed by atoms with van der Waals surface area (Å²) in [6, 6.07) is 0.855. The molecule has 1 rings (SSSR count). The molecule has 0 spiro atoms. The predicted octanol–water partition coefficient (Wildman–Crippen LogP) is 2.75. The van der Waals surface area contributed by atoms with Gasteiger partial charge in [0.15, 0.2) is 0 Å². The van der Waals surface area contributed by atoms with Gasteiger partial charge in [-0.3, -0.25) is 0 Å². The first-order valence-corrected chi connectivity index (χ1v) is 5.07. The normalized spacial score (nSPS) is 11.4. The van der Waals surface area contributed by atoms with Gasteiger partial charge in [-0.25, -0.2) is 14.2 Å². The third kappa shape index (κ3) is 3.68. The number of carboxylic acid groups (broad SMARTS) is 1. The minimum Gasteiger partial charge on any atom is -0.478 e. The molecule has 1 aromatic rings. The van der Waals surface area contributed by atoms with E-state index in [-0.39, 0.29) is 3.57 Å². The molecule has 0 saturated heterocycles. The number of alkyl halides is 4. The minimum atomic E-state index is -5.02. The fourth-order valence-corrected chi connectivity index (χ4v) is 1.58. The molecular formula is C8H4F4INO3. The van der Waals surface area contributed by atoms with Gasteiger partial charge in [0.1, 0.15) is 6.67 Å². The van der Waals surface area contributed by atoms with Gasteiger partial charge in [-0.15, -0.1) is 13.2 Å². The molecule has 4 nitrogen and oxygen atoms in total. The van der Waals surface area contributed by atoms with Crippen molar-refractivity contribution in [2.75, 3.05) is 0 Å². The van der Waals surface area contributed by atoms with Crippen molar-refractivity contribution in [3.63, 3.8) is 0 Å². The number of hydrogen-bond donors (Lipinski definition) is 1. The van der Waals surface area contributed by atoms with Crippen LogP contribution in [0.2, 0.25) is 0 Å². The summed E-state index contributed by atoms with van der Waals surface area (Å²) < 4.78 is 51.4. The van der Waals surface area contributed by atoms with Gasteiger partial charge < -0.3 is 9.84 Å². The van der Waals surface area contributed by atoms with Crippen LogP contribution < -0.4 is 4.74 Å². The van der Waals surface area contributed by atoms with Crippen molar-refractivity contribution in [2.45, 2.75) is 13.0 Å². The maximum atomic E-state index is 12.3. The lowest BCUT2D eigenvalue weighted by molar-refractivity contribution is -0.276. The average molecular weight is 365 g/mol. The summed E-state index contributed by atoms with van der Waals surface area (Å²) in [6.07, 6.45) is -5.02. The van der Waals surface area contributed by atoms with E-state index in [1.807, 2.05) is 0 Å². The molecule has 0 bridgehead atoms. The van der Waals surface area contributed by atoms with E-state index < -0.39 is 36.1 Å². The Labute approximate surface area is 106 Å². The van der Waals surface area contributed by atoms with E-state index in [9.17, 15) is 22.4 Å². The Kier molecular flexibility index (Phi) is 4.11. The Bertz CT molecular complexity index is 449. The zero-order valence-corrected chi connectivity index (χ0v) is 10.0. The van der Waals surface area contributed by atoms with Crippen LogP contribution in [0.15, 0.2) is 6.07 Å². The molecule has 0 aliphatic rings. The van der Waals surface area contributed by atoms with Gasteiger partial charge in [0.2, 0.25) is 5.88 Å². The van der Waals surface area contributed by atoms with Crippen LogP contribution in [0, 0.1) is 3.57 Å². The first-order chi connectivity index (χ1) is 7.74. The number of nitrogens with zero attached hydrogens (tertiary/aromatic N) is 1. The van der Waals surface area contributed by atoms with Crippen LogP contribution in [0.25, 0.3) is 0 Å². The SMILES string of the molecule is O=C(O)c1cc(CF)nc(OC(F)(F)F)c1I. The van der Waals surface area contributed by atoms with E-state index in [1.54, 1.807) is 0 Å². The fourth-order valence-electron chi connectivity index (χ4n) is 0.958. The molecule has 0 unspecified atom stereocenters. The van der Waals surface area contributed by atoms with Crippen molar-refractivity contribution in [3.05, 3.63) is 20.9 Å². The first kappa shape index (κ1) is 13.9. The van der Waals surface area contributed by atoms with E-state index in [2.05, 4.69) is 9.72 Å². The Balaban J connectivity index is 3.29. The van der Waals surface area contributed by atoms with Crippen LogP contribution in [0.5, 0.6) is 5.88 Å². The zero-order chi connectivity index (χ0) is 13.2. The van der Waals surface area contributed by atoms with Gasteiger partial charge in [0.05, 0.1) is 14.8 Å². The molecule has 0 atom stereocenters. The highest BCUT2D eigenvalue weighted by molar-refractivity contribution is 14.1. The number of ether oxygens (including phenoxy) is 1.